The van der Waals surface area contributed by atoms with Crippen LogP contribution in [0.2, 0.25) is 5.02 Å². The third-order valence-corrected chi connectivity index (χ3v) is 8.34. The molecule has 1 aliphatic heterocycles. The van der Waals surface area contributed by atoms with E-state index < -0.39 is 10.0 Å². The van der Waals surface area contributed by atoms with Crippen molar-refractivity contribution in [1.82, 2.24) is 8.87 Å². The lowest BCUT2D eigenvalue weighted by atomic mass is 10.1. The van der Waals surface area contributed by atoms with Crippen molar-refractivity contribution in [2.45, 2.75) is 38.6 Å². The topological polar surface area (TPSA) is 80.6 Å². The number of aromatic nitrogens is 1. The Morgan fingerprint density at radius 2 is 1.85 bits per heavy atom. The predicted molar refractivity (Wildman–Crippen MR) is 131 cm³/mol. The fourth-order valence-electron chi connectivity index (χ4n) is 4.29. The Morgan fingerprint density at radius 3 is 2.52 bits per heavy atom. The average molecular weight is 490 g/mol. The maximum atomic E-state index is 13.4. The first-order valence-electron chi connectivity index (χ1n) is 11.1. The third-order valence-electron chi connectivity index (χ3n) is 6.11. The van der Waals surface area contributed by atoms with Gasteiger partial charge in [-0.3, -0.25) is 4.79 Å². The van der Waals surface area contributed by atoms with Crippen LogP contribution in [0.4, 0.5) is 5.69 Å². The highest BCUT2D eigenvalue weighted by Gasteiger charge is 2.27. The molecule has 0 aliphatic carbocycles. The van der Waals surface area contributed by atoms with Gasteiger partial charge in [-0.1, -0.05) is 24.6 Å². The molecule has 0 bridgehead atoms. The van der Waals surface area contributed by atoms with E-state index in [1.54, 1.807) is 0 Å². The molecule has 0 saturated carbocycles. The van der Waals surface area contributed by atoms with Crippen molar-refractivity contribution in [3.05, 3.63) is 58.2 Å². The molecule has 2 heterocycles. The predicted octanol–water partition coefficient (Wildman–Crippen LogP) is 4.46. The third kappa shape index (κ3) is 4.40. The zero-order valence-corrected chi connectivity index (χ0v) is 20.6. The van der Waals surface area contributed by atoms with Crippen molar-refractivity contribution < 1.29 is 17.9 Å². The van der Waals surface area contributed by atoms with E-state index in [9.17, 15) is 13.2 Å². The van der Waals surface area contributed by atoms with E-state index in [0.29, 0.717) is 38.5 Å². The summed E-state index contributed by atoms with van der Waals surface area (Å²) in [5.41, 5.74) is 3.88. The minimum absolute atomic E-state index is 0.0874. The summed E-state index contributed by atoms with van der Waals surface area (Å²) in [7, 11) is -3.71. The number of aryl methyl sites for hydroxylation is 3. The van der Waals surface area contributed by atoms with E-state index in [0.717, 1.165) is 22.9 Å². The van der Waals surface area contributed by atoms with Gasteiger partial charge in [0.25, 0.3) is 5.91 Å². The van der Waals surface area contributed by atoms with Gasteiger partial charge in [-0.2, -0.15) is 4.31 Å². The number of nitrogens with zero attached hydrogens (tertiary/aromatic N) is 2. The first-order chi connectivity index (χ1) is 15.8. The van der Waals surface area contributed by atoms with Crippen molar-refractivity contribution in [2.75, 3.05) is 31.6 Å². The molecule has 2 aromatic carbocycles. The summed E-state index contributed by atoms with van der Waals surface area (Å²) >= 11 is 6.35. The molecule has 0 radical (unpaired) electrons. The molecule has 1 aliphatic rings. The smallest absolute Gasteiger partial charge is 0.272 e. The van der Waals surface area contributed by atoms with E-state index in [1.165, 1.54) is 28.1 Å². The minimum Gasteiger partial charge on any atom is -0.379 e. The number of morpholine rings is 1. The number of carbonyl (C=O) groups is 1. The van der Waals surface area contributed by atoms with Crippen LogP contribution < -0.4 is 5.32 Å². The number of halogens is 1. The van der Waals surface area contributed by atoms with E-state index in [2.05, 4.69) is 24.4 Å². The van der Waals surface area contributed by atoms with Crippen LogP contribution >= 0.6 is 11.6 Å². The SMILES string of the molecule is CCc1ccc2c(c1)c(C)c(C(=O)Nc1cc(S(=O)(=O)N3CCOCC3)ccc1Cl)n2CC. The van der Waals surface area contributed by atoms with Crippen molar-refractivity contribution in [1.29, 1.82) is 0 Å². The molecule has 0 spiro atoms. The number of nitrogens with one attached hydrogen (secondary N) is 1. The highest BCUT2D eigenvalue weighted by Crippen LogP contribution is 2.31. The standard InChI is InChI=1S/C24H28ClN3O4S/c1-4-17-6-9-22-19(14-17)16(3)23(28(22)5-2)24(29)26-21-15-18(7-8-20(21)25)33(30,31)27-10-12-32-13-11-27/h6-9,14-15H,4-5,10-13H2,1-3H3,(H,26,29). The number of rotatable bonds is 6. The first kappa shape index (κ1) is 23.8. The molecule has 1 saturated heterocycles. The molecular formula is C24H28ClN3O4S. The molecule has 9 heteroatoms. The second-order valence-electron chi connectivity index (χ2n) is 8.04. The number of carbonyl (C=O) groups excluding carboxylic acids is 1. The lowest BCUT2D eigenvalue weighted by molar-refractivity contribution is 0.0730. The number of benzene rings is 2. The zero-order chi connectivity index (χ0) is 23.8. The minimum atomic E-state index is -3.71. The van der Waals surface area contributed by atoms with Gasteiger partial charge in [-0.15, -0.1) is 0 Å². The summed E-state index contributed by atoms with van der Waals surface area (Å²) in [5.74, 6) is -0.327. The number of fused-ring (bicyclic) bond motifs is 1. The van der Waals surface area contributed by atoms with Gasteiger partial charge >= 0.3 is 0 Å². The summed E-state index contributed by atoms with van der Waals surface area (Å²) in [4.78, 5) is 13.5. The quantitative estimate of drug-likeness (QED) is 0.554. The molecule has 4 rings (SSSR count). The maximum absolute atomic E-state index is 13.4. The van der Waals surface area contributed by atoms with Gasteiger partial charge in [0.2, 0.25) is 10.0 Å². The molecule has 0 unspecified atom stereocenters. The van der Waals surface area contributed by atoms with Gasteiger partial charge in [0.05, 0.1) is 28.8 Å². The van der Waals surface area contributed by atoms with Crippen molar-refractivity contribution in [2.24, 2.45) is 0 Å². The number of amides is 1. The molecule has 3 aromatic rings. The van der Waals surface area contributed by atoms with Crippen LogP contribution in [0.1, 0.15) is 35.5 Å². The molecule has 1 N–H and O–H groups in total. The van der Waals surface area contributed by atoms with Gasteiger partial charge < -0.3 is 14.6 Å². The molecule has 33 heavy (non-hydrogen) atoms. The van der Waals surface area contributed by atoms with E-state index in [4.69, 9.17) is 16.3 Å². The van der Waals surface area contributed by atoms with Gasteiger partial charge in [0, 0.05) is 30.5 Å². The molecule has 7 nitrogen and oxygen atoms in total. The summed E-state index contributed by atoms with van der Waals surface area (Å²) in [6.07, 6.45) is 0.911. The fraction of sp³-hybridized carbons (Fsp3) is 0.375. The molecule has 1 aromatic heterocycles. The normalized spacial score (nSPS) is 15.2. The molecule has 176 valence electrons. The summed E-state index contributed by atoms with van der Waals surface area (Å²) in [5, 5.41) is 4.16. The Kier molecular flexibility index (Phi) is 6.81. The van der Waals surface area contributed by atoms with Crippen LogP contribution in [0.15, 0.2) is 41.3 Å². The van der Waals surface area contributed by atoms with Crippen LogP contribution in [-0.4, -0.2) is 49.5 Å². The van der Waals surface area contributed by atoms with Crippen LogP contribution in [0, 0.1) is 6.92 Å². The Morgan fingerprint density at radius 1 is 1.12 bits per heavy atom. The average Bonchev–Trinajstić information content (AvgIpc) is 3.11. The number of ether oxygens (including phenoxy) is 1. The largest absolute Gasteiger partial charge is 0.379 e. The number of anilines is 1. The Balaban J connectivity index is 1.70. The highest BCUT2D eigenvalue weighted by atomic mass is 35.5. The lowest BCUT2D eigenvalue weighted by Gasteiger charge is -2.26. The number of hydrogen-bond acceptors (Lipinski definition) is 4. The molecule has 1 amide bonds. The Labute approximate surface area is 199 Å². The number of sulfonamides is 1. The van der Waals surface area contributed by atoms with Crippen LogP contribution in [0.3, 0.4) is 0 Å². The van der Waals surface area contributed by atoms with Gasteiger partial charge in [-0.05, 0) is 61.7 Å². The molecule has 0 atom stereocenters. The van der Waals surface area contributed by atoms with Crippen LogP contribution in [-0.2, 0) is 27.7 Å². The summed E-state index contributed by atoms with van der Waals surface area (Å²) in [6, 6.07) is 10.6. The van der Waals surface area contributed by atoms with E-state index in [1.807, 2.05) is 24.5 Å². The first-order valence-corrected chi connectivity index (χ1v) is 12.9. The highest BCUT2D eigenvalue weighted by molar-refractivity contribution is 7.89. The maximum Gasteiger partial charge on any atom is 0.272 e. The Bertz CT molecular complexity index is 1310. The summed E-state index contributed by atoms with van der Waals surface area (Å²) < 4.78 is 34.7. The second-order valence-corrected chi connectivity index (χ2v) is 10.4. The van der Waals surface area contributed by atoms with E-state index >= 15 is 0 Å². The van der Waals surface area contributed by atoms with E-state index in [-0.39, 0.29) is 21.5 Å². The monoisotopic (exact) mass is 489 g/mol. The molecular weight excluding hydrogens is 462 g/mol. The second kappa shape index (κ2) is 9.46. The number of hydrogen-bond donors (Lipinski definition) is 1. The van der Waals surface area contributed by atoms with Crippen molar-refractivity contribution in [3.63, 3.8) is 0 Å². The fourth-order valence-corrected chi connectivity index (χ4v) is 5.89. The van der Waals surface area contributed by atoms with Gasteiger partial charge in [-0.25, -0.2) is 8.42 Å². The molecule has 1 fully saturated rings. The van der Waals surface area contributed by atoms with Gasteiger partial charge in [0.1, 0.15) is 5.69 Å². The Hall–Kier alpha value is -2.39. The van der Waals surface area contributed by atoms with Crippen molar-refractivity contribution in [3.8, 4) is 0 Å². The lowest BCUT2D eigenvalue weighted by Crippen LogP contribution is -2.40. The van der Waals surface area contributed by atoms with Crippen molar-refractivity contribution >= 4 is 44.1 Å². The zero-order valence-electron chi connectivity index (χ0n) is 19.0. The summed E-state index contributed by atoms with van der Waals surface area (Å²) in [6.45, 7) is 7.95. The van der Waals surface area contributed by atoms with Gasteiger partial charge in [0.15, 0.2) is 0 Å². The van der Waals surface area contributed by atoms with Crippen LogP contribution in [0.25, 0.3) is 10.9 Å². The van der Waals surface area contributed by atoms with Crippen LogP contribution in [0.5, 0.6) is 0 Å².